The summed E-state index contributed by atoms with van der Waals surface area (Å²) < 4.78 is 0. The minimum Gasteiger partial charge on any atom is -0.0654 e. The van der Waals surface area contributed by atoms with E-state index in [0.29, 0.717) is 9.52 Å². The van der Waals surface area contributed by atoms with Crippen LogP contribution in [0.4, 0.5) is 0 Å². The lowest BCUT2D eigenvalue weighted by Crippen LogP contribution is -1.95. The van der Waals surface area contributed by atoms with Gasteiger partial charge in [-0.25, -0.2) is 0 Å². The molecular formula is C14H32Si. The van der Waals surface area contributed by atoms with Crippen LogP contribution in [0.5, 0.6) is 0 Å². The van der Waals surface area contributed by atoms with Crippen molar-refractivity contribution in [1.29, 1.82) is 0 Å². The van der Waals surface area contributed by atoms with Crippen LogP contribution < -0.4 is 0 Å². The summed E-state index contributed by atoms with van der Waals surface area (Å²) in [4.78, 5) is 0. The van der Waals surface area contributed by atoms with Gasteiger partial charge in [-0.05, 0) is 0 Å². The molecule has 0 amide bonds. The molecule has 0 aromatic heterocycles. The monoisotopic (exact) mass is 228 g/mol. The predicted molar refractivity (Wildman–Crippen MR) is 75.6 cm³/mol. The highest BCUT2D eigenvalue weighted by Gasteiger charge is 1.95. The molecule has 0 heterocycles. The van der Waals surface area contributed by atoms with Crippen LogP contribution in [-0.2, 0) is 0 Å². The Kier molecular flexibility index (Phi) is 12.5. The zero-order valence-corrected chi connectivity index (χ0v) is 12.8. The molecule has 0 saturated heterocycles. The molecule has 0 atom stereocenters. The normalized spacial score (nSPS) is 12.0. The van der Waals surface area contributed by atoms with Crippen LogP contribution >= 0.6 is 0 Å². The molecule has 0 aliphatic carbocycles. The first-order valence-electron chi connectivity index (χ1n) is 7.27. The molecule has 0 nitrogen and oxygen atoms in total. The van der Waals surface area contributed by atoms with Gasteiger partial charge in [0.2, 0.25) is 0 Å². The van der Waals surface area contributed by atoms with E-state index in [9.17, 15) is 0 Å². The standard InChI is InChI=1S/C14H32Si/c1-4-5-6-7-8-9-10-11-12-15-13-14(2)3/h14H,4-13,15H2,1-3H3. The Morgan fingerprint density at radius 1 is 0.800 bits per heavy atom. The van der Waals surface area contributed by atoms with E-state index in [1.54, 1.807) is 12.1 Å². The lowest BCUT2D eigenvalue weighted by molar-refractivity contribution is 0.584. The maximum absolute atomic E-state index is 2.36. The van der Waals surface area contributed by atoms with E-state index in [4.69, 9.17) is 0 Å². The molecule has 0 fully saturated rings. The molecule has 0 radical (unpaired) electrons. The van der Waals surface area contributed by atoms with Crippen molar-refractivity contribution in [2.24, 2.45) is 5.92 Å². The zero-order chi connectivity index (χ0) is 11.4. The summed E-state index contributed by atoms with van der Waals surface area (Å²) in [7, 11) is 0.316. The second kappa shape index (κ2) is 12.3. The molecule has 92 valence electrons. The third kappa shape index (κ3) is 14.2. The molecule has 1 heteroatoms. The molecule has 0 aliphatic heterocycles. The van der Waals surface area contributed by atoms with E-state index in [2.05, 4.69) is 20.8 Å². The minimum atomic E-state index is 0.316. The molecule has 0 aromatic carbocycles. The third-order valence-electron chi connectivity index (χ3n) is 3.14. The summed E-state index contributed by atoms with van der Waals surface area (Å²) >= 11 is 0. The quantitative estimate of drug-likeness (QED) is 0.352. The maximum atomic E-state index is 2.36. The molecule has 15 heavy (non-hydrogen) atoms. The second-order valence-electron chi connectivity index (χ2n) is 5.36. The summed E-state index contributed by atoms with van der Waals surface area (Å²) in [6.45, 7) is 7.01. The van der Waals surface area contributed by atoms with E-state index in [1.807, 2.05) is 0 Å². The number of hydrogen-bond donors (Lipinski definition) is 0. The molecule has 0 N–H and O–H groups in total. The maximum Gasteiger partial charge on any atom is 0.0200 e. The van der Waals surface area contributed by atoms with Crippen molar-refractivity contribution in [2.45, 2.75) is 84.2 Å². The summed E-state index contributed by atoms with van der Waals surface area (Å²) in [5.74, 6) is 0.964. The molecule has 0 unspecified atom stereocenters. The van der Waals surface area contributed by atoms with Crippen LogP contribution in [0.25, 0.3) is 0 Å². The molecular weight excluding hydrogens is 196 g/mol. The van der Waals surface area contributed by atoms with Gasteiger partial charge in [0.15, 0.2) is 0 Å². The van der Waals surface area contributed by atoms with Crippen molar-refractivity contribution in [2.75, 3.05) is 0 Å². The Balaban J connectivity index is 2.87. The summed E-state index contributed by atoms with van der Waals surface area (Å²) in [5.41, 5.74) is 0. The predicted octanol–water partition coefficient (Wildman–Crippen LogP) is 4.79. The van der Waals surface area contributed by atoms with E-state index in [1.165, 1.54) is 51.4 Å². The van der Waals surface area contributed by atoms with Crippen molar-refractivity contribution >= 4 is 9.52 Å². The van der Waals surface area contributed by atoms with E-state index < -0.39 is 0 Å². The highest BCUT2D eigenvalue weighted by atomic mass is 28.2. The van der Waals surface area contributed by atoms with Crippen molar-refractivity contribution < 1.29 is 0 Å². The Bertz CT molecular complexity index is 110. The van der Waals surface area contributed by atoms with Gasteiger partial charge >= 0.3 is 0 Å². The van der Waals surface area contributed by atoms with Crippen molar-refractivity contribution in [1.82, 2.24) is 0 Å². The highest BCUT2D eigenvalue weighted by molar-refractivity contribution is 6.35. The fraction of sp³-hybridized carbons (Fsp3) is 1.00. The van der Waals surface area contributed by atoms with Crippen LogP contribution in [0.1, 0.15) is 72.1 Å². The third-order valence-corrected chi connectivity index (χ3v) is 5.70. The average Bonchev–Trinajstić information content (AvgIpc) is 2.20. The summed E-state index contributed by atoms with van der Waals surface area (Å²) in [6.07, 6.45) is 11.8. The van der Waals surface area contributed by atoms with Gasteiger partial charge in [-0.15, -0.1) is 0 Å². The van der Waals surface area contributed by atoms with Gasteiger partial charge < -0.3 is 0 Å². The van der Waals surface area contributed by atoms with Gasteiger partial charge in [0.25, 0.3) is 0 Å². The largest absolute Gasteiger partial charge is 0.0654 e. The molecule has 0 aromatic rings. The Morgan fingerprint density at radius 2 is 1.33 bits per heavy atom. The average molecular weight is 228 g/mol. The second-order valence-corrected chi connectivity index (χ2v) is 7.36. The topological polar surface area (TPSA) is 0 Å². The number of unbranched alkanes of at least 4 members (excludes halogenated alkanes) is 7. The van der Waals surface area contributed by atoms with E-state index in [-0.39, 0.29) is 0 Å². The van der Waals surface area contributed by atoms with Crippen molar-refractivity contribution in [3.05, 3.63) is 0 Å². The van der Waals surface area contributed by atoms with E-state index >= 15 is 0 Å². The first-order chi connectivity index (χ1) is 7.27. The smallest absolute Gasteiger partial charge is 0.0200 e. The SMILES string of the molecule is CCCCCCCCCC[SiH2]CC(C)C. The lowest BCUT2D eigenvalue weighted by Gasteiger charge is -2.03. The first-order valence-corrected chi connectivity index (χ1v) is 9.27. The lowest BCUT2D eigenvalue weighted by atomic mass is 10.1. The van der Waals surface area contributed by atoms with Crippen LogP contribution in [0.3, 0.4) is 0 Å². The fourth-order valence-electron chi connectivity index (χ4n) is 2.04. The van der Waals surface area contributed by atoms with Gasteiger partial charge in [-0.2, -0.15) is 0 Å². The van der Waals surface area contributed by atoms with Crippen LogP contribution in [0.15, 0.2) is 0 Å². The minimum absolute atomic E-state index is 0.316. The zero-order valence-electron chi connectivity index (χ0n) is 11.4. The molecule has 0 saturated carbocycles. The van der Waals surface area contributed by atoms with Gasteiger partial charge in [-0.3, -0.25) is 0 Å². The Morgan fingerprint density at radius 3 is 1.87 bits per heavy atom. The van der Waals surface area contributed by atoms with Crippen LogP contribution in [0, 0.1) is 5.92 Å². The fourth-order valence-corrected chi connectivity index (χ4v) is 3.85. The van der Waals surface area contributed by atoms with E-state index in [0.717, 1.165) is 5.92 Å². The van der Waals surface area contributed by atoms with Gasteiger partial charge in [-0.1, -0.05) is 90.1 Å². The highest BCUT2D eigenvalue weighted by Crippen LogP contribution is 2.10. The Labute approximate surface area is 100 Å². The van der Waals surface area contributed by atoms with Crippen LogP contribution in [-0.4, -0.2) is 9.52 Å². The number of rotatable bonds is 11. The molecule has 0 bridgehead atoms. The first kappa shape index (κ1) is 15.2. The Hall–Kier alpha value is 0.217. The molecule has 0 rings (SSSR count). The summed E-state index contributed by atoms with van der Waals surface area (Å²) in [5, 5.41) is 0. The van der Waals surface area contributed by atoms with Crippen molar-refractivity contribution in [3.8, 4) is 0 Å². The molecule has 0 spiro atoms. The summed E-state index contributed by atoms with van der Waals surface area (Å²) in [6, 6.07) is 3.17. The number of hydrogen-bond acceptors (Lipinski definition) is 0. The van der Waals surface area contributed by atoms with Gasteiger partial charge in [0, 0.05) is 9.52 Å². The van der Waals surface area contributed by atoms with Gasteiger partial charge in [0.05, 0.1) is 0 Å². The van der Waals surface area contributed by atoms with Crippen molar-refractivity contribution in [3.63, 3.8) is 0 Å². The molecule has 0 aliphatic rings. The van der Waals surface area contributed by atoms with Crippen LogP contribution in [0.2, 0.25) is 12.1 Å². The van der Waals surface area contributed by atoms with Gasteiger partial charge in [0.1, 0.15) is 0 Å².